The maximum Gasteiger partial charge on any atom is 0.226 e. The summed E-state index contributed by atoms with van der Waals surface area (Å²) in [6, 6.07) is 0. The molecular formula is C16H26N4O3. The largest absolute Gasteiger partial charge is 0.395 e. The van der Waals surface area contributed by atoms with E-state index in [1.165, 1.54) is 0 Å². The van der Waals surface area contributed by atoms with Crippen LogP contribution in [0.2, 0.25) is 0 Å². The number of carbonyl (C=O) groups excluding carboxylic acids is 1. The van der Waals surface area contributed by atoms with Crippen LogP contribution in [0.3, 0.4) is 0 Å². The van der Waals surface area contributed by atoms with Crippen LogP contribution in [0, 0.1) is 5.41 Å². The fraction of sp³-hybridized carbons (Fsp3) is 0.812. The van der Waals surface area contributed by atoms with Crippen LogP contribution in [0.15, 0.2) is 4.52 Å². The van der Waals surface area contributed by atoms with Gasteiger partial charge in [0.25, 0.3) is 0 Å². The Kier molecular flexibility index (Phi) is 4.96. The van der Waals surface area contributed by atoms with Crippen LogP contribution in [0.4, 0.5) is 0 Å². The molecule has 23 heavy (non-hydrogen) atoms. The Balaban J connectivity index is 1.64. The summed E-state index contributed by atoms with van der Waals surface area (Å²) < 4.78 is 5.19. The van der Waals surface area contributed by atoms with Gasteiger partial charge in [0.2, 0.25) is 11.8 Å². The molecule has 7 nitrogen and oxygen atoms in total. The predicted molar refractivity (Wildman–Crippen MR) is 83.5 cm³/mol. The molecule has 1 amide bonds. The summed E-state index contributed by atoms with van der Waals surface area (Å²) in [5.41, 5.74) is 0.151. The van der Waals surface area contributed by atoms with Gasteiger partial charge in [-0.15, -0.1) is 0 Å². The minimum atomic E-state index is 0.0359. The normalized spacial score (nSPS) is 26.2. The molecule has 0 bridgehead atoms. The van der Waals surface area contributed by atoms with Crippen LogP contribution in [0.25, 0.3) is 0 Å². The van der Waals surface area contributed by atoms with E-state index in [2.05, 4.69) is 15.0 Å². The van der Waals surface area contributed by atoms with E-state index in [1.807, 2.05) is 11.8 Å². The lowest BCUT2D eigenvalue weighted by Crippen LogP contribution is -2.54. The zero-order chi connectivity index (χ0) is 16.3. The summed E-state index contributed by atoms with van der Waals surface area (Å²) in [6.07, 6.45) is 4.56. The van der Waals surface area contributed by atoms with Gasteiger partial charge in [0.1, 0.15) is 0 Å². The zero-order valence-corrected chi connectivity index (χ0v) is 13.8. The smallest absolute Gasteiger partial charge is 0.226 e. The quantitative estimate of drug-likeness (QED) is 0.864. The third kappa shape index (κ3) is 3.72. The second kappa shape index (κ2) is 6.97. The van der Waals surface area contributed by atoms with Crippen molar-refractivity contribution in [2.75, 3.05) is 32.8 Å². The number of hydrogen-bond acceptors (Lipinski definition) is 6. The van der Waals surface area contributed by atoms with E-state index in [0.29, 0.717) is 25.4 Å². The van der Waals surface area contributed by atoms with Gasteiger partial charge in [-0.3, -0.25) is 9.69 Å². The van der Waals surface area contributed by atoms with Crippen molar-refractivity contribution < 1.29 is 14.4 Å². The Morgan fingerprint density at radius 2 is 2.22 bits per heavy atom. The number of amides is 1. The fourth-order valence-corrected chi connectivity index (χ4v) is 3.90. The van der Waals surface area contributed by atoms with E-state index in [4.69, 9.17) is 9.63 Å². The molecule has 2 fully saturated rings. The number of aliphatic hydroxyl groups excluding tert-OH is 1. The Morgan fingerprint density at radius 1 is 1.35 bits per heavy atom. The number of piperidine rings is 2. The van der Waals surface area contributed by atoms with Crippen LogP contribution in [0.1, 0.15) is 44.3 Å². The first-order valence-electron chi connectivity index (χ1n) is 8.56. The average Bonchev–Trinajstić information content (AvgIpc) is 2.99. The Hall–Kier alpha value is -1.47. The summed E-state index contributed by atoms with van der Waals surface area (Å²) in [5, 5.41) is 13.2. The molecule has 7 heteroatoms. The van der Waals surface area contributed by atoms with Crippen LogP contribution in [-0.2, 0) is 17.8 Å². The molecule has 1 aromatic heterocycles. The van der Waals surface area contributed by atoms with Gasteiger partial charge in [0, 0.05) is 37.9 Å². The number of hydrogen-bond donors (Lipinski definition) is 1. The molecule has 2 saturated heterocycles. The monoisotopic (exact) mass is 322 g/mol. The highest BCUT2D eigenvalue weighted by molar-refractivity contribution is 5.77. The minimum Gasteiger partial charge on any atom is -0.395 e. The molecule has 2 aliphatic heterocycles. The molecule has 0 unspecified atom stereocenters. The van der Waals surface area contributed by atoms with E-state index in [1.54, 1.807) is 0 Å². The van der Waals surface area contributed by atoms with Crippen molar-refractivity contribution in [3.05, 3.63) is 11.7 Å². The Labute approximate surface area is 136 Å². The highest BCUT2D eigenvalue weighted by Gasteiger charge is 2.41. The van der Waals surface area contributed by atoms with Gasteiger partial charge in [-0.25, -0.2) is 0 Å². The molecule has 0 saturated carbocycles. The van der Waals surface area contributed by atoms with Crippen LogP contribution >= 0.6 is 0 Å². The van der Waals surface area contributed by atoms with E-state index in [0.717, 1.165) is 51.1 Å². The molecule has 2 aliphatic rings. The lowest BCUT2D eigenvalue weighted by Gasteiger charge is -2.48. The second-order valence-corrected chi connectivity index (χ2v) is 6.81. The van der Waals surface area contributed by atoms with Crippen molar-refractivity contribution in [2.45, 2.75) is 45.6 Å². The summed E-state index contributed by atoms with van der Waals surface area (Å²) in [5.74, 6) is 1.61. The van der Waals surface area contributed by atoms with Crippen LogP contribution in [0.5, 0.6) is 0 Å². The van der Waals surface area contributed by atoms with Crippen molar-refractivity contribution in [3.63, 3.8) is 0 Å². The molecule has 3 heterocycles. The van der Waals surface area contributed by atoms with Gasteiger partial charge < -0.3 is 14.5 Å². The summed E-state index contributed by atoms with van der Waals surface area (Å²) >= 11 is 0. The number of aliphatic hydroxyl groups is 1. The van der Waals surface area contributed by atoms with Crippen molar-refractivity contribution >= 4 is 5.91 Å². The molecule has 3 rings (SSSR count). The molecule has 1 aromatic rings. The lowest BCUT2D eigenvalue weighted by atomic mass is 9.73. The molecule has 128 valence electrons. The number of nitrogens with zero attached hydrogens (tertiary/aromatic N) is 4. The first kappa shape index (κ1) is 16.4. The number of likely N-dealkylation sites (tertiary alicyclic amines) is 2. The van der Waals surface area contributed by atoms with E-state index in [9.17, 15) is 4.79 Å². The summed E-state index contributed by atoms with van der Waals surface area (Å²) in [4.78, 5) is 20.6. The average molecular weight is 322 g/mol. The van der Waals surface area contributed by atoms with E-state index < -0.39 is 0 Å². The lowest BCUT2D eigenvalue weighted by molar-refractivity contribution is -0.140. The molecule has 0 aromatic carbocycles. The molecular weight excluding hydrogens is 296 g/mol. The third-order valence-corrected chi connectivity index (χ3v) is 5.04. The Bertz CT molecular complexity index is 547. The highest BCUT2D eigenvalue weighted by atomic mass is 16.5. The van der Waals surface area contributed by atoms with Gasteiger partial charge in [-0.1, -0.05) is 12.1 Å². The van der Waals surface area contributed by atoms with E-state index in [-0.39, 0.29) is 17.9 Å². The molecule has 1 spiro atoms. The van der Waals surface area contributed by atoms with Gasteiger partial charge in [-0.2, -0.15) is 4.98 Å². The standard InChI is InChI=1S/C16H26N4O3/c1-2-14-17-13(18-23-14)10-19-7-3-5-16(11-19)6-4-15(22)20(12-16)8-9-21/h21H,2-12H2,1H3/t16-/m1/s1. The highest BCUT2D eigenvalue weighted by Crippen LogP contribution is 2.39. The number of rotatable bonds is 5. The number of β-amino-alcohol motifs (C(OH)–C–C–N with tert-alkyl or cyclic N) is 1. The first-order chi connectivity index (χ1) is 11.1. The second-order valence-electron chi connectivity index (χ2n) is 6.81. The first-order valence-corrected chi connectivity index (χ1v) is 8.56. The minimum absolute atomic E-state index is 0.0359. The third-order valence-electron chi connectivity index (χ3n) is 5.04. The van der Waals surface area contributed by atoms with Crippen molar-refractivity contribution in [2.24, 2.45) is 5.41 Å². The Morgan fingerprint density at radius 3 is 2.96 bits per heavy atom. The maximum atomic E-state index is 12.0. The molecule has 0 aliphatic carbocycles. The zero-order valence-electron chi connectivity index (χ0n) is 13.8. The number of carbonyl (C=O) groups is 1. The molecule has 1 atom stereocenters. The van der Waals surface area contributed by atoms with Gasteiger partial charge in [0.15, 0.2) is 5.82 Å². The summed E-state index contributed by atoms with van der Waals surface area (Å²) in [7, 11) is 0. The van der Waals surface area contributed by atoms with Gasteiger partial charge >= 0.3 is 0 Å². The van der Waals surface area contributed by atoms with E-state index >= 15 is 0 Å². The van der Waals surface area contributed by atoms with Crippen molar-refractivity contribution in [1.82, 2.24) is 19.9 Å². The van der Waals surface area contributed by atoms with Gasteiger partial charge in [0.05, 0.1) is 13.2 Å². The van der Waals surface area contributed by atoms with Gasteiger partial charge in [-0.05, 0) is 25.8 Å². The number of aromatic nitrogens is 2. The fourth-order valence-electron chi connectivity index (χ4n) is 3.90. The predicted octanol–water partition coefficient (Wildman–Crippen LogP) is 0.829. The molecule has 1 N–H and O–H groups in total. The van der Waals surface area contributed by atoms with Crippen molar-refractivity contribution in [1.29, 1.82) is 0 Å². The number of aryl methyl sites for hydroxylation is 1. The summed E-state index contributed by atoms with van der Waals surface area (Å²) in [6.45, 7) is 5.94. The van der Waals surface area contributed by atoms with Crippen LogP contribution in [-0.4, -0.2) is 63.7 Å². The van der Waals surface area contributed by atoms with Crippen molar-refractivity contribution in [3.8, 4) is 0 Å². The van der Waals surface area contributed by atoms with Crippen LogP contribution < -0.4 is 0 Å². The maximum absolute atomic E-state index is 12.0. The molecule has 0 radical (unpaired) electrons. The SMILES string of the molecule is CCc1nc(CN2CCC[C@@]3(CCC(=O)N(CCO)C3)C2)no1. The topological polar surface area (TPSA) is 82.7 Å².